The zero-order chi connectivity index (χ0) is 39.8. The Labute approximate surface area is 347 Å². The highest BCUT2D eigenvalue weighted by Gasteiger charge is 2.23. The summed E-state index contributed by atoms with van der Waals surface area (Å²) in [5.41, 5.74) is 12.0. The molecular weight excluding hydrogens is 733 g/mol. The maximum absolute atomic E-state index is 6.87. The minimum Gasteiger partial charge on any atom is -0.456 e. The molecule has 282 valence electrons. The van der Waals surface area contributed by atoms with Crippen molar-refractivity contribution in [3.8, 4) is 56.4 Å². The molecule has 0 bridgehead atoms. The summed E-state index contributed by atoms with van der Waals surface area (Å²) in [6.45, 7) is 0. The second-order valence-corrected chi connectivity index (χ2v) is 14.8. The van der Waals surface area contributed by atoms with Crippen molar-refractivity contribution in [2.24, 2.45) is 0 Å². The van der Waals surface area contributed by atoms with Crippen molar-refractivity contribution in [3.63, 3.8) is 0 Å². The summed E-state index contributed by atoms with van der Waals surface area (Å²) in [5.74, 6) is 1.81. The number of furan rings is 1. The molecule has 0 amide bonds. The minimum absolute atomic E-state index is 0.586. The van der Waals surface area contributed by atoms with Crippen LogP contribution in [0.15, 0.2) is 223 Å². The summed E-state index contributed by atoms with van der Waals surface area (Å²) >= 11 is 0. The first-order valence-corrected chi connectivity index (χ1v) is 20.1. The maximum atomic E-state index is 6.87. The van der Waals surface area contributed by atoms with Gasteiger partial charge in [0.1, 0.15) is 11.2 Å². The summed E-state index contributed by atoms with van der Waals surface area (Å²) in [7, 11) is 0. The van der Waals surface area contributed by atoms with E-state index in [1.54, 1.807) is 0 Å². The van der Waals surface area contributed by atoms with Gasteiger partial charge in [0, 0.05) is 50.3 Å². The maximum Gasteiger partial charge on any atom is 0.164 e. The van der Waals surface area contributed by atoms with Gasteiger partial charge in [0.25, 0.3) is 0 Å². The number of hydrogen-bond donors (Lipinski definition) is 0. The van der Waals surface area contributed by atoms with E-state index >= 15 is 0 Å². The number of aromatic nitrogens is 3. The molecule has 60 heavy (non-hydrogen) atoms. The standard InChI is InChI=1S/C55H36N4O/c1-5-16-37(17-6-1)39-28-32-43(33-29-39)59(44-34-30-40(31-35-44)38-18-7-2-8-19-38)48-36-50-51(46-25-14-13-24-45(46)48)52-47(26-15-27-49(52)60-50)55-57-53(41-20-9-3-10-21-41)56-54(58-55)42-22-11-4-12-23-42/h1-36H. The van der Waals surface area contributed by atoms with Crippen molar-refractivity contribution in [1.29, 1.82) is 0 Å². The highest BCUT2D eigenvalue weighted by Crippen LogP contribution is 2.47. The van der Waals surface area contributed by atoms with Crippen LogP contribution in [-0.2, 0) is 0 Å². The van der Waals surface area contributed by atoms with Gasteiger partial charge in [-0.1, -0.05) is 182 Å². The first-order chi connectivity index (χ1) is 29.7. The summed E-state index contributed by atoms with van der Waals surface area (Å²) in [6, 6.07) is 75.8. The molecule has 2 heterocycles. The SMILES string of the molecule is c1ccc(-c2ccc(N(c3ccc(-c4ccccc4)cc3)c3cc4oc5cccc(-c6nc(-c7ccccc7)nc(-c7ccccc7)n6)c5c4c4ccccc34)cc2)cc1. The number of fused-ring (bicyclic) bond motifs is 5. The molecule has 2 aromatic heterocycles. The molecule has 0 radical (unpaired) electrons. The molecule has 5 heteroatoms. The van der Waals surface area contributed by atoms with E-state index < -0.39 is 0 Å². The van der Waals surface area contributed by atoms with Crippen LogP contribution in [0, 0.1) is 0 Å². The van der Waals surface area contributed by atoms with Gasteiger partial charge >= 0.3 is 0 Å². The van der Waals surface area contributed by atoms with Gasteiger partial charge in [0.15, 0.2) is 17.5 Å². The molecular formula is C55H36N4O. The van der Waals surface area contributed by atoms with Crippen LogP contribution in [0.1, 0.15) is 0 Å². The van der Waals surface area contributed by atoms with Gasteiger partial charge in [-0.25, -0.2) is 15.0 Å². The zero-order valence-corrected chi connectivity index (χ0v) is 32.5. The highest BCUT2D eigenvalue weighted by atomic mass is 16.3. The fraction of sp³-hybridized carbons (Fsp3) is 0. The minimum atomic E-state index is 0.586. The lowest BCUT2D eigenvalue weighted by Crippen LogP contribution is -2.10. The predicted octanol–water partition coefficient (Wildman–Crippen LogP) is 14.7. The highest BCUT2D eigenvalue weighted by molar-refractivity contribution is 6.25. The van der Waals surface area contributed by atoms with E-state index in [1.807, 2.05) is 72.8 Å². The molecule has 11 aromatic rings. The molecule has 0 aliphatic carbocycles. The van der Waals surface area contributed by atoms with E-state index in [0.29, 0.717) is 17.5 Å². The predicted molar refractivity (Wildman–Crippen MR) is 246 cm³/mol. The molecule has 0 atom stereocenters. The molecule has 11 rings (SSSR count). The zero-order valence-electron chi connectivity index (χ0n) is 32.5. The van der Waals surface area contributed by atoms with Crippen molar-refractivity contribution in [2.45, 2.75) is 0 Å². The van der Waals surface area contributed by atoms with Gasteiger partial charge in [0.2, 0.25) is 0 Å². The van der Waals surface area contributed by atoms with Crippen molar-refractivity contribution in [1.82, 2.24) is 15.0 Å². The second kappa shape index (κ2) is 15.0. The van der Waals surface area contributed by atoms with Gasteiger partial charge in [-0.2, -0.15) is 0 Å². The van der Waals surface area contributed by atoms with Gasteiger partial charge < -0.3 is 9.32 Å². The number of nitrogens with zero attached hydrogens (tertiary/aromatic N) is 4. The Morgan fingerprint density at radius 2 is 0.750 bits per heavy atom. The Bertz CT molecular complexity index is 3140. The molecule has 0 unspecified atom stereocenters. The Hall–Kier alpha value is -8.15. The van der Waals surface area contributed by atoms with Gasteiger partial charge in [0.05, 0.1) is 5.69 Å². The summed E-state index contributed by atoms with van der Waals surface area (Å²) in [4.78, 5) is 17.6. The molecule has 0 aliphatic rings. The summed E-state index contributed by atoms with van der Waals surface area (Å²) in [6.07, 6.45) is 0. The van der Waals surface area contributed by atoms with E-state index in [4.69, 9.17) is 19.4 Å². The van der Waals surface area contributed by atoms with Crippen molar-refractivity contribution < 1.29 is 4.42 Å². The van der Waals surface area contributed by atoms with E-state index in [1.165, 1.54) is 11.1 Å². The van der Waals surface area contributed by atoms with Crippen LogP contribution in [-0.4, -0.2) is 15.0 Å². The Morgan fingerprint density at radius 3 is 1.27 bits per heavy atom. The molecule has 5 nitrogen and oxygen atoms in total. The number of anilines is 3. The third kappa shape index (κ3) is 6.35. The molecule has 0 aliphatic heterocycles. The van der Waals surface area contributed by atoms with E-state index in [-0.39, 0.29) is 0 Å². The van der Waals surface area contributed by atoms with Gasteiger partial charge in [-0.15, -0.1) is 0 Å². The average Bonchev–Trinajstić information content (AvgIpc) is 3.72. The van der Waals surface area contributed by atoms with Crippen molar-refractivity contribution in [2.75, 3.05) is 4.90 Å². The Morgan fingerprint density at radius 1 is 0.317 bits per heavy atom. The third-order valence-electron chi connectivity index (χ3n) is 11.1. The summed E-state index contributed by atoms with van der Waals surface area (Å²) < 4.78 is 6.87. The van der Waals surface area contributed by atoms with Crippen LogP contribution in [0.4, 0.5) is 17.1 Å². The number of hydrogen-bond acceptors (Lipinski definition) is 5. The number of benzene rings is 9. The van der Waals surface area contributed by atoms with Gasteiger partial charge in [-0.3, -0.25) is 0 Å². The van der Waals surface area contributed by atoms with Crippen LogP contribution in [0.25, 0.3) is 89.1 Å². The molecule has 0 saturated heterocycles. The topological polar surface area (TPSA) is 55.1 Å². The second-order valence-electron chi connectivity index (χ2n) is 14.8. The van der Waals surface area contributed by atoms with Crippen LogP contribution < -0.4 is 4.90 Å². The molecule has 0 saturated carbocycles. The molecule has 0 fully saturated rings. The molecule has 9 aromatic carbocycles. The van der Waals surface area contributed by atoms with Crippen LogP contribution >= 0.6 is 0 Å². The van der Waals surface area contributed by atoms with Gasteiger partial charge in [-0.05, 0) is 58.0 Å². The lowest BCUT2D eigenvalue weighted by atomic mass is 9.98. The van der Waals surface area contributed by atoms with E-state index in [0.717, 1.165) is 77.6 Å². The smallest absolute Gasteiger partial charge is 0.164 e. The van der Waals surface area contributed by atoms with E-state index in [2.05, 4.69) is 150 Å². The van der Waals surface area contributed by atoms with E-state index in [9.17, 15) is 0 Å². The third-order valence-corrected chi connectivity index (χ3v) is 11.1. The lowest BCUT2D eigenvalue weighted by Gasteiger charge is -2.27. The molecule has 0 N–H and O–H groups in total. The lowest BCUT2D eigenvalue weighted by molar-refractivity contribution is 0.669. The van der Waals surface area contributed by atoms with Crippen molar-refractivity contribution >= 4 is 49.8 Å². The molecule has 0 spiro atoms. The fourth-order valence-corrected chi connectivity index (χ4v) is 8.26. The normalized spacial score (nSPS) is 11.3. The first kappa shape index (κ1) is 35.0. The fourth-order valence-electron chi connectivity index (χ4n) is 8.26. The first-order valence-electron chi connectivity index (χ1n) is 20.1. The monoisotopic (exact) mass is 768 g/mol. The van der Waals surface area contributed by atoms with Crippen molar-refractivity contribution in [3.05, 3.63) is 218 Å². The average molecular weight is 769 g/mol. The van der Waals surface area contributed by atoms with Crippen LogP contribution in [0.5, 0.6) is 0 Å². The quantitative estimate of drug-likeness (QED) is 0.154. The Balaban J connectivity index is 1.12. The van der Waals surface area contributed by atoms with Crippen LogP contribution in [0.3, 0.4) is 0 Å². The number of rotatable bonds is 8. The largest absolute Gasteiger partial charge is 0.456 e. The Kier molecular flexibility index (Phi) is 8.75. The van der Waals surface area contributed by atoms with Crippen LogP contribution in [0.2, 0.25) is 0 Å². The summed E-state index contributed by atoms with van der Waals surface area (Å²) in [5, 5.41) is 4.14.